The lowest BCUT2D eigenvalue weighted by atomic mass is 9.83. The normalized spacial score (nSPS) is 14.3. The summed E-state index contributed by atoms with van der Waals surface area (Å²) >= 11 is 0. The van der Waals surface area contributed by atoms with E-state index < -0.39 is 23.9 Å². The van der Waals surface area contributed by atoms with Crippen molar-refractivity contribution in [2.45, 2.75) is 58.9 Å². The highest BCUT2D eigenvalue weighted by Crippen LogP contribution is 2.30. The van der Waals surface area contributed by atoms with Crippen LogP contribution in [0, 0.1) is 26.7 Å². The fourth-order valence-electron chi connectivity index (χ4n) is 5.41. The number of rotatable bonds is 7. The summed E-state index contributed by atoms with van der Waals surface area (Å²) in [5.41, 5.74) is 12.2. The Morgan fingerprint density at radius 1 is 0.846 bits per heavy atom. The molecule has 0 heterocycles. The van der Waals surface area contributed by atoms with Crippen LogP contribution < -0.4 is 21.7 Å². The summed E-state index contributed by atoms with van der Waals surface area (Å²) in [7, 11) is 0. The molecule has 3 aromatic rings. The summed E-state index contributed by atoms with van der Waals surface area (Å²) in [6.07, 6.45) is 4.50. The number of nitrogen functional groups attached to an aromatic ring is 1. The van der Waals surface area contributed by atoms with Crippen LogP contribution in [-0.4, -0.2) is 29.1 Å². The average molecular weight is 529 g/mol. The van der Waals surface area contributed by atoms with Crippen LogP contribution >= 0.6 is 0 Å². The topological polar surface area (TPSA) is 134 Å². The standard InChI is InChI=1S/C31H36N4O4/c1-18-15-19(2)27(20(3)16-18)35-31(39)33-26-17-23(21-9-12-24(32)13-10-21)11-14-25(26)29(36)34-28(30(37)38)22-7-5-4-6-8-22/h9-17,22,28H,4-8,32H2,1-3H3,(H,34,36)(H,37,38)(H2,33,35,39)/t28-/m0/s1. The molecular formula is C31H36N4O4. The van der Waals surface area contributed by atoms with Crippen LogP contribution in [0.15, 0.2) is 54.6 Å². The second kappa shape index (κ2) is 12.0. The van der Waals surface area contributed by atoms with E-state index in [-0.39, 0.29) is 17.2 Å². The molecular weight excluding hydrogens is 492 g/mol. The third-order valence-electron chi connectivity index (χ3n) is 7.35. The number of nitrogens with one attached hydrogen (secondary N) is 3. The molecule has 1 fully saturated rings. The van der Waals surface area contributed by atoms with Gasteiger partial charge in [0, 0.05) is 11.4 Å². The second-order valence-electron chi connectivity index (χ2n) is 10.4. The SMILES string of the molecule is Cc1cc(C)c(NC(=O)Nc2cc(-c3ccc(N)cc3)ccc2C(=O)N[C@H](C(=O)O)C2CCCCC2)c(C)c1. The summed E-state index contributed by atoms with van der Waals surface area (Å²) < 4.78 is 0. The first-order valence-corrected chi connectivity index (χ1v) is 13.3. The summed E-state index contributed by atoms with van der Waals surface area (Å²) in [6, 6.07) is 14.8. The smallest absolute Gasteiger partial charge is 0.326 e. The molecule has 6 N–H and O–H groups in total. The van der Waals surface area contributed by atoms with Crippen molar-refractivity contribution in [3.63, 3.8) is 0 Å². The molecule has 39 heavy (non-hydrogen) atoms. The minimum absolute atomic E-state index is 0.124. The van der Waals surface area contributed by atoms with Gasteiger partial charge in [-0.25, -0.2) is 9.59 Å². The molecule has 1 aliphatic rings. The number of hydrogen-bond donors (Lipinski definition) is 5. The van der Waals surface area contributed by atoms with Crippen molar-refractivity contribution in [3.8, 4) is 11.1 Å². The van der Waals surface area contributed by atoms with E-state index in [2.05, 4.69) is 16.0 Å². The second-order valence-corrected chi connectivity index (χ2v) is 10.4. The first-order chi connectivity index (χ1) is 18.6. The van der Waals surface area contributed by atoms with Gasteiger partial charge in [-0.2, -0.15) is 0 Å². The molecule has 0 saturated heterocycles. The maximum atomic E-state index is 13.4. The van der Waals surface area contributed by atoms with Crippen LogP contribution in [0.3, 0.4) is 0 Å². The fraction of sp³-hybridized carbons (Fsp3) is 0.323. The number of carboxylic acid groups (broad SMARTS) is 1. The van der Waals surface area contributed by atoms with Crippen molar-refractivity contribution in [2.24, 2.45) is 5.92 Å². The quantitative estimate of drug-likeness (QED) is 0.231. The minimum atomic E-state index is -1.05. The summed E-state index contributed by atoms with van der Waals surface area (Å²) in [6.45, 7) is 5.84. The number of aliphatic carboxylic acids is 1. The number of aryl methyl sites for hydroxylation is 3. The molecule has 0 bridgehead atoms. The van der Waals surface area contributed by atoms with E-state index >= 15 is 0 Å². The van der Waals surface area contributed by atoms with Gasteiger partial charge in [-0.05, 0) is 86.1 Å². The van der Waals surface area contributed by atoms with Gasteiger partial charge >= 0.3 is 12.0 Å². The Hall–Kier alpha value is -4.33. The Morgan fingerprint density at radius 2 is 1.46 bits per heavy atom. The molecule has 8 heteroatoms. The van der Waals surface area contributed by atoms with Gasteiger partial charge < -0.3 is 26.8 Å². The summed E-state index contributed by atoms with van der Waals surface area (Å²) in [5, 5.41) is 18.3. The van der Waals surface area contributed by atoms with Crippen molar-refractivity contribution in [3.05, 3.63) is 76.9 Å². The molecule has 0 aromatic heterocycles. The van der Waals surface area contributed by atoms with Gasteiger partial charge in [0.15, 0.2) is 0 Å². The highest BCUT2D eigenvalue weighted by atomic mass is 16.4. The molecule has 4 rings (SSSR count). The van der Waals surface area contributed by atoms with Gasteiger partial charge in [-0.15, -0.1) is 0 Å². The maximum Gasteiger partial charge on any atom is 0.326 e. The molecule has 204 valence electrons. The highest BCUT2D eigenvalue weighted by molar-refractivity contribution is 6.08. The van der Waals surface area contributed by atoms with Gasteiger partial charge in [-0.1, -0.05) is 55.2 Å². The van der Waals surface area contributed by atoms with Gasteiger partial charge in [-0.3, -0.25) is 4.79 Å². The Morgan fingerprint density at radius 3 is 2.08 bits per heavy atom. The van der Waals surface area contributed by atoms with Crippen LogP contribution in [0.2, 0.25) is 0 Å². The zero-order valence-corrected chi connectivity index (χ0v) is 22.6. The van der Waals surface area contributed by atoms with E-state index in [1.165, 1.54) is 0 Å². The van der Waals surface area contributed by atoms with Crippen molar-refractivity contribution in [1.29, 1.82) is 0 Å². The van der Waals surface area contributed by atoms with Crippen molar-refractivity contribution < 1.29 is 19.5 Å². The third-order valence-corrected chi connectivity index (χ3v) is 7.35. The first-order valence-electron chi connectivity index (χ1n) is 13.3. The molecule has 0 radical (unpaired) electrons. The van der Waals surface area contributed by atoms with Gasteiger partial charge in [0.05, 0.1) is 11.3 Å². The number of amides is 3. The number of anilines is 3. The number of carboxylic acids is 1. The number of hydrogen-bond acceptors (Lipinski definition) is 4. The van der Waals surface area contributed by atoms with Crippen molar-refractivity contribution >= 4 is 35.0 Å². The third kappa shape index (κ3) is 6.76. The van der Waals surface area contributed by atoms with E-state index in [1.54, 1.807) is 30.3 Å². The van der Waals surface area contributed by atoms with E-state index in [0.717, 1.165) is 59.9 Å². The Bertz CT molecular complexity index is 1350. The Kier molecular flexibility index (Phi) is 8.54. The predicted molar refractivity (Wildman–Crippen MR) is 155 cm³/mol. The van der Waals surface area contributed by atoms with Crippen LogP contribution in [0.1, 0.15) is 59.2 Å². The minimum Gasteiger partial charge on any atom is -0.480 e. The Balaban J connectivity index is 1.64. The van der Waals surface area contributed by atoms with Crippen LogP contribution in [0.25, 0.3) is 11.1 Å². The lowest BCUT2D eigenvalue weighted by Gasteiger charge is -2.28. The molecule has 3 amide bonds. The van der Waals surface area contributed by atoms with Crippen LogP contribution in [0.4, 0.5) is 21.9 Å². The van der Waals surface area contributed by atoms with E-state index in [9.17, 15) is 19.5 Å². The lowest BCUT2D eigenvalue weighted by Crippen LogP contribution is -2.46. The molecule has 0 aliphatic heterocycles. The van der Waals surface area contributed by atoms with Crippen LogP contribution in [0.5, 0.6) is 0 Å². The molecule has 0 spiro atoms. The number of carbonyl (C=O) groups is 3. The number of benzene rings is 3. The van der Waals surface area contributed by atoms with Gasteiger partial charge in [0.2, 0.25) is 0 Å². The number of carbonyl (C=O) groups excluding carboxylic acids is 2. The summed E-state index contributed by atoms with van der Waals surface area (Å²) in [5.74, 6) is -1.72. The van der Waals surface area contributed by atoms with Gasteiger partial charge in [0.1, 0.15) is 6.04 Å². The molecule has 8 nitrogen and oxygen atoms in total. The highest BCUT2D eigenvalue weighted by Gasteiger charge is 2.31. The average Bonchev–Trinajstić information content (AvgIpc) is 2.90. The van der Waals surface area contributed by atoms with Crippen molar-refractivity contribution in [1.82, 2.24) is 5.32 Å². The predicted octanol–water partition coefficient (Wildman–Crippen LogP) is 6.27. The lowest BCUT2D eigenvalue weighted by molar-refractivity contribution is -0.141. The fourth-order valence-corrected chi connectivity index (χ4v) is 5.41. The number of urea groups is 1. The van der Waals surface area contributed by atoms with E-state index in [1.807, 2.05) is 45.0 Å². The zero-order valence-electron chi connectivity index (χ0n) is 22.6. The first kappa shape index (κ1) is 27.7. The Labute approximate surface area is 229 Å². The largest absolute Gasteiger partial charge is 0.480 e. The summed E-state index contributed by atoms with van der Waals surface area (Å²) in [4.78, 5) is 38.7. The number of nitrogens with two attached hydrogens (primary N) is 1. The van der Waals surface area contributed by atoms with E-state index in [0.29, 0.717) is 11.4 Å². The van der Waals surface area contributed by atoms with Crippen molar-refractivity contribution in [2.75, 3.05) is 16.4 Å². The van der Waals surface area contributed by atoms with Crippen LogP contribution in [-0.2, 0) is 4.79 Å². The van der Waals surface area contributed by atoms with Gasteiger partial charge in [0.25, 0.3) is 5.91 Å². The van der Waals surface area contributed by atoms with E-state index in [4.69, 9.17) is 5.73 Å². The molecule has 3 aromatic carbocycles. The molecule has 1 saturated carbocycles. The zero-order chi connectivity index (χ0) is 28.1. The maximum absolute atomic E-state index is 13.4. The molecule has 0 unspecified atom stereocenters. The molecule has 1 atom stereocenters. The molecule has 1 aliphatic carbocycles. The monoisotopic (exact) mass is 528 g/mol.